The average Bonchev–Trinajstić information content (AvgIpc) is 3.36. The predicted octanol–water partition coefficient (Wildman–Crippen LogP) is 12.3. The molecule has 10 nitrogen and oxygen atoms in total. The van der Waals surface area contributed by atoms with Crippen LogP contribution in [0, 0.1) is 6.92 Å². The highest BCUT2D eigenvalue weighted by Crippen LogP contribution is 2.34. The summed E-state index contributed by atoms with van der Waals surface area (Å²) >= 11 is 3.51. The molecule has 4 heterocycles. The average molecular weight is 1000 g/mol. The zero-order chi connectivity index (χ0) is 48.4. The standard InChI is InChI=1S/C30H31NO4.C29H28BrNO4/c1-21-5-9-23(10-6-21)29-27(26-14-11-24(32)20-28(26)35-30(29)33)19-22-7-12-25(13-8-22)34-18-17-31-15-3-2-4-16-31;30-22-6-4-5-21(18-22)28-26(25-12-9-23(32)19-27(25)35-29(28)33)17-20-7-10-24(11-8-20)34-16-15-31-13-2-1-3-14-31/h5-14,20,32H,2-4,15-19H2,1H3;4-12,18-19,32H,1-3,13-17H2. The van der Waals surface area contributed by atoms with Gasteiger partial charge in [0.2, 0.25) is 0 Å². The van der Waals surface area contributed by atoms with Crippen LogP contribution in [0.25, 0.3) is 44.2 Å². The third-order valence-corrected chi connectivity index (χ3v) is 13.8. The van der Waals surface area contributed by atoms with Crippen molar-refractivity contribution in [3.63, 3.8) is 0 Å². The smallest absolute Gasteiger partial charge is 0.344 e. The van der Waals surface area contributed by atoms with Crippen LogP contribution >= 0.6 is 15.9 Å². The van der Waals surface area contributed by atoms with E-state index in [9.17, 15) is 19.8 Å². The zero-order valence-corrected chi connectivity index (χ0v) is 41.2. The minimum absolute atomic E-state index is 0.0628. The van der Waals surface area contributed by atoms with Crippen molar-refractivity contribution in [1.82, 2.24) is 9.80 Å². The largest absolute Gasteiger partial charge is 0.508 e. The molecule has 2 N–H and O–H groups in total. The monoisotopic (exact) mass is 1000 g/mol. The number of hydrogen-bond acceptors (Lipinski definition) is 10. The van der Waals surface area contributed by atoms with E-state index in [2.05, 4.69) is 37.9 Å². The highest BCUT2D eigenvalue weighted by atomic mass is 79.9. The summed E-state index contributed by atoms with van der Waals surface area (Å²) in [6.45, 7) is 9.97. The third kappa shape index (κ3) is 12.2. The molecule has 360 valence electrons. The highest BCUT2D eigenvalue weighted by molar-refractivity contribution is 9.10. The van der Waals surface area contributed by atoms with Crippen LogP contribution in [0.2, 0.25) is 0 Å². The lowest BCUT2D eigenvalue weighted by Gasteiger charge is -2.26. The van der Waals surface area contributed by atoms with Gasteiger partial charge in [-0.3, -0.25) is 9.80 Å². The third-order valence-electron chi connectivity index (χ3n) is 13.3. The van der Waals surface area contributed by atoms with Gasteiger partial charge in [-0.15, -0.1) is 0 Å². The second-order valence-corrected chi connectivity index (χ2v) is 19.3. The van der Waals surface area contributed by atoms with Gasteiger partial charge in [-0.05, 0) is 166 Å². The van der Waals surface area contributed by atoms with Gasteiger partial charge in [0, 0.05) is 40.5 Å². The SMILES string of the molecule is Cc1ccc(-c2c(Cc3ccc(OCCN4CCCCC4)cc3)c3ccc(O)cc3oc2=O)cc1.O=c1oc2cc(O)ccc2c(Cc2ccc(OCCN3CCCCC3)cc2)c1-c1cccc(Br)c1. The minimum Gasteiger partial charge on any atom is -0.508 e. The molecule has 0 radical (unpaired) electrons. The first-order valence-corrected chi connectivity index (χ1v) is 25.2. The Labute approximate surface area is 416 Å². The molecule has 2 aromatic heterocycles. The Morgan fingerprint density at radius 3 is 1.44 bits per heavy atom. The molecule has 0 aliphatic carbocycles. The van der Waals surface area contributed by atoms with Gasteiger partial charge in [0.05, 0.1) is 11.1 Å². The molecule has 0 atom stereocenters. The molecule has 2 saturated heterocycles. The minimum atomic E-state index is -0.422. The molecular formula is C59H59BrN2O8. The molecule has 0 saturated carbocycles. The number of hydrogen-bond donors (Lipinski definition) is 2. The van der Waals surface area contributed by atoms with Crippen molar-refractivity contribution in [1.29, 1.82) is 0 Å². The molecule has 2 fully saturated rings. The van der Waals surface area contributed by atoms with Crippen LogP contribution in [0.1, 0.15) is 66.3 Å². The van der Waals surface area contributed by atoms with Gasteiger partial charge >= 0.3 is 11.3 Å². The summed E-state index contributed by atoms with van der Waals surface area (Å²) in [7, 11) is 0. The second kappa shape index (κ2) is 22.8. The maximum Gasteiger partial charge on any atom is 0.344 e. The molecule has 6 aromatic carbocycles. The number of piperidine rings is 2. The summed E-state index contributed by atoms with van der Waals surface area (Å²) in [6, 6.07) is 41.6. The van der Waals surface area contributed by atoms with Crippen molar-refractivity contribution >= 4 is 37.9 Å². The van der Waals surface area contributed by atoms with E-state index in [4.69, 9.17) is 18.3 Å². The number of aromatic hydroxyl groups is 2. The van der Waals surface area contributed by atoms with Crippen LogP contribution in [-0.2, 0) is 12.8 Å². The van der Waals surface area contributed by atoms with E-state index in [0.717, 1.165) is 78.8 Å². The number of ether oxygens (including phenoxy) is 2. The fourth-order valence-corrected chi connectivity index (χ4v) is 9.99. The summed E-state index contributed by atoms with van der Waals surface area (Å²) in [5, 5.41) is 21.5. The molecule has 0 bridgehead atoms. The molecule has 10 rings (SSSR count). The van der Waals surface area contributed by atoms with Gasteiger partial charge in [-0.2, -0.15) is 0 Å². The Morgan fingerprint density at radius 1 is 0.529 bits per heavy atom. The van der Waals surface area contributed by atoms with E-state index < -0.39 is 11.3 Å². The fourth-order valence-electron chi connectivity index (χ4n) is 9.59. The molecule has 8 aromatic rings. The fraction of sp³-hybridized carbons (Fsp3) is 0.288. The lowest BCUT2D eigenvalue weighted by Crippen LogP contribution is -2.33. The van der Waals surface area contributed by atoms with Gasteiger partial charge < -0.3 is 28.5 Å². The summed E-state index contributed by atoms with van der Waals surface area (Å²) in [4.78, 5) is 31.1. The van der Waals surface area contributed by atoms with Gasteiger partial charge in [0.25, 0.3) is 0 Å². The van der Waals surface area contributed by atoms with E-state index >= 15 is 0 Å². The number of aryl methyl sites for hydroxylation is 1. The Morgan fingerprint density at radius 2 is 0.986 bits per heavy atom. The quantitative estimate of drug-likeness (QED) is 0.102. The number of likely N-dealkylation sites (tertiary alicyclic amines) is 2. The number of rotatable bonds is 14. The van der Waals surface area contributed by atoms with E-state index in [1.807, 2.05) is 104 Å². The number of fused-ring (bicyclic) bond motifs is 2. The number of halogens is 1. The van der Waals surface area contributed by atoms with Crippen LogP contribution in [0.4, 0.5) is 0 Å². The van der Waals surface area contributed by atoms with Crippen molar-refractivity contribution < 1.29 is 28.5 Å². The first-order chi connectivity index (χ1) is 34.1. The normalized spacial score (nSPS) is 14.3. The first-order valence-electron chi connectivity index (χ1n) is 24.4. The van der Waals surface area contributed by atoms with Crippen molar-refractivity contribution in [3.8, 4) is 45.3 Å². The number of phenolic OH excluding ortho intramolecular Hbond substituents is 2. The summed E-state index contributed by atoms with van der Waals surface area (Å²) in [5.41, 5.74) is 7.66. The Kier molecular flexibility index (Phi) is 15.8. The lowest BCUT2D eigenvalue weighted by molar-refractivity contribution is 0.183. The molecule has 2 aliphatic heterocycles. The topological polar surface area (TPSA) is 126 Å². The van der Waals surface area contributed by atoms with Crippen molar-refractivity contribution in [2.24, 2.45) is 0 Å². The van der Waals surface area contributed by atoms with Crippen LogP contribution in [0.5, 0.6) is 23.0 Å². The highest BCUT2D eigenvalue weighted by Gasteiger charge is 2.20. The van der Waals surface area contributed by atoms with Gasteiger partial charge in [-0.1, -0.05) is 95.0 Å². The van der Waals surface area contributed by atoms with Crippen molar-refractivity contribution in [2.75, 3.05) is 52.5 Å². The summed E-state index contributed by atoms with van der Waals surface area (Å²) in [6.07, 6.45) is 8.90. The second-order valence-electron chi connectivity index (χ2n) is 18.4. The molecule has 0 unspecified atom stereocenters. The molecule has 70 heavy (non-hydrogen) atoms. The Balaban J connectivity index is 0.000000174. The Hall–Kier alpha value is -6.66. The summed E-state index contributed by atoms with van der Waals surface area (Å²) in [5.74, 6) is 1.83. The molecule has 11 heteroatoms. The first kappa shape index (κ1) is 48.4. The van der Waals surface area contributed by atoms with E-state index in [0.29, 0.717) is 48.3 Å². The van der Waals surface area contributed by atoms with Crippen molar-refractivity contribution in [3.05, 3.63) is 187 Å². The predicted molar refractivity (Wildman–Crippen MR) is 282 cm³/mol. The maximum atomic E-state index is 13.1. The van der Waals surface area contributed by atoms with E-state index in [1.54, 1.807) is 12.1 Å². The van der Waals surface area contributed by atoms with Crippen molar-refractivity contribution in [2.45, 2.75) is 58.3 Å². The van der Waals surface area contributed by atoms with E-state index in [-0.39, 0.29) is 11.5 Å². The molecule has 0 spiro atoms. The van der Waals surface area contributed by atoms with Crippen LogP contribution < -0.4 is 20.7 Å². The molecule has 2 aliphatic rings. The number of nitrogens with zero attached hydrogens (tertiary/aromatic N) is 2. The molecular weight excluding hydrogens is 945 g/mol. The van der Waals surface area contributed by atoms with Gasteiger partial charge in [0.15, 0.2) is 0 Å². The van der Waals surface area contributed by atoms with Gasteiger partial charge in [0.1, 0.15) is 47.4 Å². The summed E-state index contributed by atoms with van der Waals surface area (Å²) < 4.78 is 24.1. The van der Waals surface area contributed by atoms with Crippen LogP contribution in [-0.4, -0.2) is 72.5 Å². The van der Waals surface area contributed by atoms with Crippen LogP contribution in [0.3, 0.4) is 0 Å². The maximum absolute atomic E-state index is 13.1. The van der Waals surface area contributed by atoms with Crippen LogP contribution in [0.15, 0.2) is 156 Å². The number of benzene rings is 6. The number of phenols is 2. The van der Waals surface area contributed by atoms with E-state index in [1.165, 1.54) is 76.8 Å². The van der Waals surface area contributed by atoms with Gasteiger partial charge in [-0.25, -0.2) is 9.59 Å². The lowest BCUT2D eigenvalue weighted by atomic mass is 9.93. The molecule has 0 amide bonds. The zero-order valence-electron chi connectivity index (χ0n) is 39.6. The Bertz CT molecular complexity index is 3150.